The maximum Gasteiger partial charge on any atom is 0.338 e. The van der Waals surface area contributed by atoms with E-state index < -0.39 is 22.4 Å². The van der Waals surface area contributed by atoms with E-state index in [2.05, 4.69) is 0 Å². The maximum atomic E-state index is 13.2. The Kier molecular flexibility index (Phi) is 4.75. The molecule has 0 atom stereocenters. The van der Waals surface area contributed by atoms with Gasteiger partial charge in [-0.05, 0) is 18.6 Å². The van der Waals surface area contributed by atoms with Crippen LogP contribution < -0.4 is 0 Å². The van der Waals surface area contributed by atoms with Crippen molar-refractivity contribution < 1.29 is 18.8 Å². The third kappa shape index (κ3) is 3.52. The van der Waals surface area contributed by atoms with Crippen molar-refractivity contribution in [2.75, 3.05) is 6.61 Å². The molecule has 0 aromatic heterocycles. The van der Waals surface area contributed by atoms with Crippen LogP contribution in [0.1, 0.15) is 23.2 Å². The Labute approximate surface area is 102 Å². The summed E-state index contributed by atoms with van der Waals surface area (Å²) < 4.78 is 18.0. The van der Waals surface area contributed by atoms with Gasteiger partial charge in [0.05, 0.1) is 23.2 Å². The Morgan fingerprint density at radius 1 is 1.56 bits per heavy atom. The van der Waals surface area contributed by atoms with Gasteiger partial charge < -0.3 is 4.74 Å². The van der Waals surface area contributed by atoms with Crippen LogP contribution in [-0.2, 0) is 4.74 Å². The monoisotopic (exact) mass is 252 g/mol. The molecule has 0 amide bonds. The summed E-state index contributed by atoms with van der Waals surface area (Å²) in [7, 11) is 0. The minimum atomic E-state index is -1.09. The standard InChI is InChI=1S/C11H9FN2O4/c12-9-7-8(3-4-10(9)14(16)17)11(15)18-6-2-1-5-13/h3-4,7H,1-2,6H2. The molecule has 0 bridgehead atoms. The molecule has 0 aliphatic heterocycles. The Morgan fingerprint density at radius 3 is 2.83 bits per heavy atom. The predicted octanol–water partition coefficient (Wildman–Crippen LogP) is 2.19. The van der Waals surface area contributed by atoms with Crippen molar-refractivity contribution in [3.63, 3.8) is 0 Å². The van der Waals surface area contributed by atoms with Crippen LogP contribution >= 0.6 is 0 Å². The van der Waals surface area contributed by atoms with E-state index in [0.717, 1.165) is 18.2 Å². The van der Waals surface area contributed by atoms with Crippen LogP contribution in [0.25, 0.3) is 0 Å². The second-order valence-electron chi connectivity index (χ2n) is 3.32. The number of nitriles is 1. The molecule has 0 unspecified atom stereocenters. The number of nitrogens with zero attached hydrogens (tertiary/aromatic N) is 2. The van der Waals surface area contributed by atoms with Crippen LogP contribution in [0.15, 0.2) is 18.2 Å². The zero-order valence-electron chi connectivity index (χ0n) is 9.26. The van der Waals surface area contributed by atoms with E-state index in [-0.39, 0.29) is 18.6 Å². The average Bonchev–Trinajstić information content (AvgIpc) is 2.33. The number of carbonyl (C=O) groups excluding carboxylic acids is 1. The molecule has 6 nitrogen and oxygen atoms in total. The van der Waals surface area contributed by atoms with Crippen molar-refractivity contribution in [1.29, 1.82) is 5.26 Å². The Bertz CT molecular complexity index is 510. The third-order valence-electron chi connectivity index (χ3n) is 2.05. The molecule has 7 heteroatoms. The number of unbranched alkanes of at least 4 members (excludes halogenated alkanes) is 1. The zero-order valence-corrected chi connectivity index (χ0v) is 9.26. The van der Waals surface area contributed by atoms with Gasteiger partial charge in [0.1, 0.15) is 0 Å². The molecule has 0 N–H and O–H groups in total. The van der Waals surface area contributed by atoms with Crippen LogP contribution in [0.4, 0.5) is 10.1 Å². The van der Waals surface area contributed by atoms with E-state index in [1.54, 1.807) is 0 Å². The largest absolute Gasteiger partial charge is 0.462 e. The Morgan fingerprint density at radius 2 is 2.28 bits per heavy atom. The summed E-state index contributed by atoms with van der Waals surface area (Å²) in [5.74, 6) is -1.87. The van der Waals surface area contributed by atoms with Gasteiger partial charge in [0.25, 0.3) is 0 Å². The number of benzene rings is 1. The van der Waals surface area contributed by atoms with E-state index in [1.807, 2.05) is 6.07 Å². The molecule has 0 fully saturated rings. The molecule has 1 aromatic carbocycles. The second kappa shape index (κ2) is 6.30. The second-order valence-corrected chi connectivity index (χ2v) is 3.32. The Hall–Kier alpha value is -2.49. The molecule has 0 aliphatic rings. The van der Waals surface area contributed by atoms with Gasteiger partial charge >= 0.3 is 11.7 Å². The summed E-state index contributed by atoms with van der Waals surface area (Å²) in [6, 6.07) is 4.66. The van der Waals surface area contributed by atoms with Gasteiger partial charge in [0, 0.05) is 12.5 Å². The van der Waals surface area contributed by atoms with Gasteiger partial charge in [-0.1, -0.05) is 0 Å². The summed E-state index contributed by atoms with van der Waals surface area (Å²) in [6.45, 7) is 0.0466. The number of nitro groups is 1. The normalized spacial score (nSPS) is 9.56. The van der Waals surface area contributed by atoms with Crippen molar-refractivity contribution in [2.45, 2.75) is 12.8 Å². The SMILES string of the molecule is N#CCCCOC(=O)c1ccc([N+](=O)[O-])c(F)c1. The topological polar surface area (TPSA) is 93.2 Å². The lowest BCUT2D eigenvalue weighted by molar-refractivity contribution is -0.387. The van der Waals surface area contributed by atoms with Gasteiger partial charge in [0.15, 0.2) is 0 Å². The highest BCUT2D eigenvalue weighted by Crippen LogP contribution is 2.18. The number of rotatable bonds is 5. The van der Waals surface area contributed by atoms with E-state index in [1.165, 1.54) is 0 Å². The summed E-state index contributed by atoms with van der Waals surface area (Å²) in [5.41, 5.74) is -0.800. The first-order valence-corrected chi connectivity index (χ1v) is 5.04. The summed E-state index contributed by atoms with van der Waals surface area (Å²) in [6.07, 6.45) is 0.638. The fourth-order valence-electron chi connectivity index (χ4n) is 1.18. The molecular formula is C11H9FN2O4. The van der Waals surface area contributed by atoms with Crippen molar-refractivity contribution in [2.24, 2.45) is 0 Å². The molecule has 1 rings (SSSR count). The molecular weight excluding hydrogens is 243 g/mol. The average molecular weight is 252 g/mol. The molecule has 1 aromatic rings. The van der Waals surface area contributed by atoms with Gasteiger partial charge in [-0.2, -0.15) is 9.65 Å². The molecule has 0 heterocycles. The van der Waals surface area contributed by atoms with Gasteiger partial charge in [-0.3, -0.25) is 10.1 Å². The lowest BCUT2D eigenvalue weighted by atomic mass is 10.2. The van der Waals surface area contributed by atoms with E-state index in [9.17, 15) is 19.3 Å². The number of hydrogen-bond acceptors (Lipinski definition) is 5. The number of esters is 1. The number of halogens is 1. The van der Waals surface area contributed by atoms with Crippen LogP contribution in [0, 0.1) is 27.3 Å². The summed E-state index contributed by atoms with van der Waals surface area (Å²) >= 11 is 0. The van der Waals surface area contributed by atoms with Crippen LogP contribution in [0.2, 0.25) is 0 Å². The number of hydrogen-bond donors (Lipinski definition) is 0. The first-order chi connectivity index (χ1) is 8.56. The fourth-order valence-corrected chi connectivity index (χ4v) is 1.18. The Balaban J connectivity index is 2.67. The predicted molar refractivity (Wildman–Crippen MR) is 58.2 cm³/mol. The van der Waals surface area contributed by atoms with Gasteiger partial charge in [0.2, 0.25) is 5.82 Å². The van der Waals surface area contributed by atoms with Crippen molar-refractivity contribution in [1.82, 2.24) is 0 Å². The van der Waals surface area contributed by atoms with Crippen molar-refractivity contribution in [3.8, 4) is 6.07 Å². The molecule has 0 saturated carbocycles. The smallest absolute Gasteiger partial charge is 0.338 e. The molecule has 0 saturated heterocycles. The molecule has 18 heavy (non-hydrogen) atoms. The zero-order chi connectivity index (χ0) is 13.5. The first kappa shape index (κ1) is 13.6. The summed E-state index contributed by atoms with van der Waals surface area (Å²) in [4.78, 5) is 20.9. The first-order valence-electron chi connectivity index (χ1n) is 5.04. The van der Waals surface area contributed by atoms with Crippen molar-refractivity contribution >= 4 is 11.7 Å². The summed E-state index contributed by atoms with van der Waals surface area (Å²) in [5, 5.41) is 18.6. The third-order valence-corrected chi connectivity index (χ3v) is 2.05. The molecule has 94 valence electrons. The van der Waals surface area contributed by atoms with E-state index in [0.29, 0.717) is 6.42 Å². The fraction of sp³-hybridized carbons (Fsp3) is 0.273. The van der Waals surface area contributed by atoms with E-state index >= 15 is 0 Å². The minimum absolute atomic E-state index is 0.0466. The number of carbonyl (C=O) groups is 1. The quantitative estimate of drug-likeness (QED) is 0.346. The molecule has 0 aliphatic carbocycles. The van der Waals surface area contributed by atoms with Crippen LogP contribution in [0.3, 0.4) is 0 Å². The lowest BCUT2D eigenvalue weighted by Crippen LogP contribution is -2.07. The highest BCUT2D eigenvalue weighted by atomic mass is 19.1. The van der Waals surface area contributed by atoms with Gasteiger partial charge in [-0.25, -0.2) is 4.79 Å². The molecule has 0 spiro atoms. The highest BCUT2D eigenvalue weighted by Gasteiger charge is 2.17. The van der Waals surface area contributed by atoms with Crippen LogP contribution in [-0.4, -0.2) is 17.5 Å². The van der Waals surface area contributed by atoms with Crippen molar-refractivity contribution in [3.05, 3.63) is 39.7 Å². The minimum Gasteiger partial charge on any atom is -0.462 e. The molecule has 0 radical (unpaired) electrons. The highest BCUT2D eigenvalue weighted by molar-refractivity contribution is 5.89. The number of ether oxygens (including phenoxy) is 1. The van der Waals surface area contributed by atoms with Crippen LogP contribution in [0.5, 0.6) is 0 Å². The maximum absolute atomic E-state index is 13.2. The number of nitro benzene ring substituents is 1. The lowest BCUT2D eigenvalue weighted by Gasteiger charge is -2.03. The van der Waals surface area contributed by atoms with E-state index in [4.69, 9.17) is 10.00 Å². The van der Waals surface area contributed by atoms with Gasteiger partial charge in [-0.15, -0.1) is 0 Å².